The quantitative estimate of drug-likeness (QED) is 0.801. The van der Waals surface area contributed by atoms with Gasteiger partial charge in [0, 0.05) is 5.92 Å². The zero-order valence-corrected chi connectivity index (χ0v) is 10.1. The average molecular weight is 232 g/mol. The normalized spacial score (nSPS) is 19.8. The number of hydrogen-bond acceptors (Lipinski definition) is 2. The van der Waals surface area contributed by atoms with Crippen molar-refractivity contribution in [2.75, 3.05) is 13.1 Å². The molecule has 1 aliphatic heterocycles. The third-order valence-electron chi connectivity index (χ3n) is 3.54. The van der Waals surface area contributed by atoms with E-state index in [0.717, 1.165) is 18.7 Å². The zero-order chi connectivity index (χ0) is 12.3. The van der Waals surface area contributed by atoms with Crippen LogP contribution in [0.25, 0.3) is 0 Å². The number of halogens is 1. The summed E-state index contributed by atoms with van der Waals surface area (Å²) in [4.78, 5) is 2.23. The van der Waals surface area contributed by atoms with E-state index in [1.54, 1.807) is 12.1 Å². The smallest absolute Gasteiger partial charge is 0.123 e. The molecule has 0 saturated carbocycles. The molecule has 2 unspecified atom stereocenters. The van der Waals surface area contributed by atoms with Crippen molar-refractivity contribution in [1.29, 1.82) is 5.26 Å². The molecule has 0 spiro atoms. The Labute approximate surface area is 102 Å². The molecule has 1 aliphatic rings. The monoisotopic (exact) mass is 232 g/mol. The fraction of sp³-hybridized carbons (Fsp3) is 0.500. The lowest BCUT2D eigenvalue weighted by Crippen LogP contribution is -2.35. The van der Waals surface area contributed by atoms with Crippen LogP contribution >= 0.6 is 0 Å². The predicted octanol–water partition coefficient (Wildman–Crippen LogP) is 2.92. The van der Waals surface area contributed by atoms with Crippen molar-refractivity contribution in [2.45, 2.75) is 31.7 Å². The van der Waals surface area contributed by atoms with E-state index in [1.807, 2.05) is 6.92 Å². The first-order valence-corrected chi connectivity index (χ1v) is 6.11. The number of nitriles is 1. The summed E-state index contributed by atoms with van der Waals surface area (Å²) < 4.78 is 12.9. The van der Waals surface area contributed by atoms with Gasteiger partial charge in [0.25, 0.3) is 0 Å². The summed E-state index contributed by atoms with van der Waals surface area (Å²) in [5, 5.41) is 9.31. The zero-order valence-electron chi connectivity index (χ0n) is 10.1. The van der Waals surface area contributed by atoms with E-state index in [4.69, 9.17) is 0 Å². The van der Waals surface area contributed by atoms with Crippen molar-refractivity contribution in [3.05, 3.63) is 35.6 Å². The second kappa shape index (κ2) is 5.29. The lowest BCUT2D eigenvalue weighted by Gasteiger charge is -2.27. The van der Waals surface area contributed by atoms with Crippen LogP contribution in [-0.2, 0) is 0 Å². The van der Waals surface area contributed by atoms with Crippen LogP contribution < -0.4 is 0 Å². The molecule has 0 aliphatic carbocycles. The van der Waals surface area contributed by atoms with Crippen molar-refractivity contribution >= 4 is 0 Å². The van der Waals surface area contributed by atoms with Gasteiger partial charge in [0.05, 0.1) is 6.07 Å². The molecule has 2 rings (SSSR count). The van der Waals surface area contributed by atoms with Crippen molar-refractivity contribution in [2.24, 2.45) is 0 Å². The Morgan fingerprint density at radius 2 is 1.82 bits per heavy atom. The van der Waals surface area contributed by atoms with E-state index in [9.17, 15) is 9.65 Å². The van der Waals surface area contributed by atoms with E-state index in [-0.39, 0.29) is 17.8 Å². The third-order valence-corrected chi connectivity index (χ3v) is 3.54. The van der Waals surface area contributed by atoms with E-state index in [1.165, 1.54) is 25.0 Å². The lowest BCUT2D eigenvalue weighted by molar-refractivity contribution is 0.263. The van der Waals surface area contributed by atoms with Crippen LogP contribution in [0.2, 0.25) is 0 Å². The van der Waals surface area contributed by atoms with E-state index < -0.39 is 0 Å². The first kappa shape index (κ1) is 12.1. The molecule has 90 valence electrons. The largest absolute Gasteiger partial charge is 0.288 e. The molecule has 17 heavy (non-hydrogen) atoms. The van der Waals surface area contributed by atoms with E-state index in [2.05, 4.69) is 11.0 Å². The maximum atomic E-state index is 12.9. The molecule has 0 bridgehead atoms. The molecule has 1 fully saturated rings. The van der Waals surface area contributed by atoms with E-state index in [0.29, 0.717) is 0 Å². The summed E-state index contributed by atoms with van der Waals surface area (Å²) in [6, 6.07) is 8.78. The highest BCUT2D eigenvalue weighted by Gasteiger charge is 2.27. The Morgan fingerprint density at radius 3 is 2.35 bits per heavy atom. The highest BCUT2D eigenvalue weighted by atomic mass is 19.1. The minimum Gasteiger partial charge on any atom is -0.288 e. The number of likely N-dealkylation sites (tertiary alicyclic amines) is 1. The van der Waals surface area contributed by atoms with Gasteiger partial charge >= 0.3 is 0 Å². The molecule has 1 aromatic rings. The molecule has 0 N–H and O–H groups in total. The molecule has 0 radical (unpaired) electrons. The van der Waals surface area contributed by atoms with Crippen LogP contribution in [0.15, 0.2) is 24.3 Å². The molecule has 0 aromatic heterocycles. The minimum atomic E-state index is -0.226. The summed E-state index contributed by atoms with van der Waals surface area (Å²) in [5.41, 5.74) is 1.03. The van der Waals surface area contributed by atoms with Gasteiger partial charge in [-0.15, -0.1) is 0 Å². The van der Waals surface area contributed by atoms with Crippen LogP contribution in [0.1, 0.15) is 31.2 Å². The SMILES string of the molecule is CC(c1ccc(F)cc1)C(C#N)N1CCCC1. The Hall–Kier alpha value is -1.40. The summed E-state index contributed by atoms with van der Waals surface area (Å²) in [6.45, 7) is 4.05. The summed E-state index contributed by atoms with van der Waals surface area (Å²) in [7, 11) is 0. The predicted molar refractivity (Wildman–Crippen MR) is 65.0 cm³/mol. The average Bonchev–Trinajstić information content (AvgIpc) is 2.84. The molecule has 1 saturated heterocycles. The number of benzene rings is 1. The molecular formula is C14H17FN2. The Balaban J connectivity index is 2.14. The summed E-state index contributed by atoms with van der Waals surface area (Å²) in [5.74, 6) is -0.102. The Kier molecular flexibility index (Phi) is 3.75. The van der Waals surface area contributed by atoms with Gasteiger partial charge in [-0.1, -0.05) is 19.1 Å². The van der Waals surface area contributed by atoms with Gasteiger partial charge < -0.3 is 0 Å². The van der Waals surface area contributed by atoms with Gasteiger partial charge in [0.15, 0.2) is 0 Å². The van der Waals surface area contributed by atoms with Crippen LogP contribution in [0, 0.1) is 17.1 Å². The van der Waals surface area contributed by atoms with Gasteiger partial charge in [-0.2, -0.15) is 5.26 Å². The topological polar surface area (TPSA) is 27.0 Å². The molecular weight excluding hydrogens is 215 g/mol. The Morgan fingerprint density at radius 1 is 1.24 bits per heavy atom. The molecule has 0 amide bonds. The second-order valence-corrected chi connectivity index (χ2v) is 4.66. The summed E-state index contributed by atoms with van der Waals surface area (Å²) in [6.07, 6.45) is 2.35. The molecule has 2 atom stereocenters. The molecule has 1 heterocycles. The highest BCUT2D eigenvalue weighted by molar-refractivity contribution is 5.24. The minimum absolute atomic E-state index is 0.0945. The van der Waals surface area contributed by atoms with Crippen molar-refractivity contribution in [3.63, 3.8) is 0 Å². The first-order valence-electron chi connectivity index (χ1n) is 6.11. The van der Waals surface area contributed by atoms with Crippen LogP contribution in [0.3, 0.4) is 0 Å². The number of hydrogen-bond donors (Lipinski definition) is 0. The van der Waals surface area contributed by atoms with Crippen molar-refractivity contribution in [1.82, 2.24) is 4.90 Å². The molecule has 1 aromatic carbocycles. The maximum Gasteiger partial charge on any atom is 0.123 e. The third kappa shape index (κ3) is 2.65. The van der Waals surface area contributed by atoms with Gasteiger partial charge in [0.2, 0.25) is 0 Å². The van der Waals surface area contributed by atoms with Gasteiger partial charge in [-0.05, 0) is 43.6 Å². The van der Waals surface area contributed by atoms with Crippen molar-refractivity contribution < 1.29 is 4.39 Å². The molecule has 2 nitrogen and oxygen atoms in total. The van der Waals surface area contributed by atoms with Gasteiger partial charge in [-0.25, -0.2) is 4.39 Å². The van der Waals surface area contributed by atoms with Crippen LogP contribution in [0.5, 0.6) is 0 Å². The fourth-order valence-electron chi connectivity index (χ4n) is 2.48. The summed E-state index contributed by atoms with van der Waals surface area (Å²) >= 11 is 0. The maximum absolute atomic E-state index is 12.9. The second-order valence-electron chi connectivity index (χ2n) is 4.66. The van der Waals surface area contributed by atoms with Crippen molar-refractivity contribution in [3.8, 4) is 6.07 Å². The number of rotatable bonds is 3. The van der Waals surface area contributed by atoms with Gasteiger partial charge in [-0.3, -0.25) is 4.90 Å². The van der Waals surface area contributed by atoms with Crippen LogP contribution in [0.4, 0.5) is 4.39 Å². The number of nitrogens with zero attached hydrogens (tertiary/aromatic N) is 2. The highest BCUT2D eigenvalue weighted by Crippen LogP contribution is 2.25. The lowest BCUT2D eigenvalue weighted by atomic mass is 9.93. The Bertz CT molecular complexity index is 401. The van der Waals surface area contributed by atoms with Crippen LogP contribution in [-0.4, -0.2) is 24.0 Å². The fourth-order valence-corrected chi connectivity index (χ4v) is 2.48. The first-order chi connectivity index (χ1) is 8.22. The van der Waals surface area contributed by atoms with E-state index >= 15 is 0 Å². The van der Waals surface area contributed by atoms with Gasteiger partial charge in [0.1, 0.15) is 11.9 Å². The standard InChI is InChI=1S/C14H17FN2/c1-11(12-4-6-13(15)7-5-12)14(10-16)17-8-2-3-9-17/h4-7,11,14H,2-3,8-9H2,1H3. The molecule has 3 heteroatoms.